The molecule has 0 saturated carbocycles. The van der Waals surface area contributed by atoms with Gasteiger partial charge in [-0.1, -0.05) is 6.92 Å². The van der Waals surface area contributed by atoms with Crippen molar-refractivity contribution >= 4 is 5.91 Å². The lowest BCUT2D eigenvalue weighted by Gasteiger charge is -2.29. The van der Waals surface area contributed by atoms with Crippen LogP contribution in [0.2, 0.25) is 0 Å². The average molecular weight is 248 g/mol. The molecule has 0 radical (unpaired) electrons. The highest BCUT2D eigenvalue weighted by atomic mass is 16.2. The fraction of sp³-hybridized carbons (Fsp3) is 0.769. The van der Waals surface area contributed by atoms with E-state index in [1.54, 1.807) is 0 Å². The van der Waals surface area contributed by atoms with Crippen molar-refractivity contribution in [3.63, 3.8) is 0 Å². The smallest absolute Gasteiger partial charge is 0.224 e. The van der Waals surface area contributed by atoms with E-state index in [0.717, 1.165) is 25.9 Å². The van der Waals surface area contributed by atoms with Crippen LogP contribution >= 0.6 is 0 Å². The van der Waals surface area contributed by atoms with Gasteiger partial charge in [0.2, 0.25) is 5.91 Å². The van der Waals surface area contributed by atoms with E-state index in [-0.39, 0.29) is 19.0 Å². The molecule has 1 aliphatic rings. The second-order valence-electron chi connectivity index (χ2n) is 4.85. The summed E-state index contributed by atoms with van der Waals surface area (Å²) in [6.07, 6.45) is 2.73. The molecule has 5 heteroatoms. The van der Waals surface area contributed by atoms with Gasteiger partial charge in [-0.15, -0.1) is 0 Å². The number of piperidine rings is 1. The van der Waals surface area contributed by atoms with Crippen LogP contribution < -0.4 is 5.32 Å². The Kier molecular flexibility index (Phi) is 6.18. The Morgan fingerprint density at radius 3 is 2.61 bits per heavy atom. The van der Waals surface area contributed by atoms with Crippen LogP contribution in [0.15, 0.2) is 0 Å². The summed E-state index contributed by atoms with van der Waals surface area (Å²) in [5.41, 5.74) is 0. The zero-order chi connectivity index (χ0) is 13.4. The number of carbonyl (C=O) groups is 1. The largest absolute Gasteiger partial charge is 0.316 e. The van der Waals surface area contributed by atoms with E-state index in [1.807, 2.05) is 12.1 Å². The molecule has 1 aliphatic heterocycles. The molecule has 18 heavy (non-hydrogen) atoms. The number of nitrogens with one attached hydrogen (secondary N) is 1. The minimum absolute atomic E-state index is 0.00201. The standard InChI is InChI=1S/C13H20N4O/c1-11(12-3-2-6-16-10-12)9-13(18)17(7-4-14)8-5-15/h11-12,16H,2-3,6-10H2,1H3. The monoisotopic (exact) mass is 248 g/mol. The van der Waals surface area contributed by atoms with E-state index in [1.165, 1.54) is 4.90 Å². The first-order valence-electron chi connectivity index (χ1n) is 6.41. The van der Waals surface area contributed by atoms with E-state index >= 15 is 0 Å². The molecule has 0 aromatic carbocycles. The van der Waals surface area contributed by atoms with Gasteiger partial charge in [0.05, 0.1) is 12.1 Å². The van der Waals surface area contributed by atoms with E-state index in [0.29, 0.717) is 18.3 Å². The fourth-order valence-corrected chi connectivity index (χ4v) is 2.34. The van der Waals surface area contributed by atoms with Gasteiger partial charge in [0.1, 0.15) is 13.1 Å². The molecule has 1 saturated heterocycles. The number of carbonyl (C=O) groups excluding carboxylic acids is 1. The highest BCUT2D eigenvalue weighted by Gasteiger charge is 2.24. The minimum atomic E-state index is -0.0869. The van der Waals surface area contributed by atoms with Gasteiger partial charge in [0.25, 0.3) is 0 Å². The van der Waals surface area contributed by atoms with Gasteiger partial charge in [-0.3, -0.25) is 4.79 Å². The van der Waals surface area contributed by atoms with Gasteiger partial charge in [0.15, 0.2) is 0 Å². The number of nitriles is 2. The van der Waals surface area contributed by atoms with Gasteiger partial charge in [-0.05, 0) is 37.8 Å². The minimum Gasteiger partial charge on any atom is -0.316 e. The van der Waals surface area contributed by atoms with Crippen molar-refractivity contribution in [2.24, 2.45) is 11.8 Å². The fourth-order valence-electron chi connectivity index (χ4n) is 2.34. The van der Waals surface area contributed by atoms with Crippen LogP contribution in [-0.4, -0.2) is 37.0 Å². The molecule has 0 spiro atoms. The van der Waals surface area contributed by atoms with E-state index in [4.69, 9.17) is 10.5 Å². The summed E-state index contributed by atoms with van der Waals surface area (Å²) in [6.45, 7) is 4.10. The molecule has 2 unspecified atom stereocenters. The predicted molar refractivity (Wildman–Crippen MR) is 67.2 cm³/mol. The second kappa shape index (κ2) is 7.68. The Labute approximate surface area is 108 Å². The van der Waals surface area contributed by atoms with Crippen molar-refractivity contribution in [3.05, 3.63) is 0 Å². The molecule has 1 rings (SSSR count). The number of hydrogen-bond donors (Lipinski definition) is 1. The molecule has 98 valence electrons. The van der Waals surface area contributed by atoms with Crippen molar-refractivity contribution in [2.75, 3.05) is 26.2 Å². The molecule has 1 N–H and O–H groups in total. The number of rotatable bonds is 5. The molecule has 5 nitrogen and oxygen atoms in total. The first kappa shape index (κ1) is 14.5. The van der Waals surface area contributed by atoms with Gasteiger partial charge in [-0.2, -0.15) is 10.5 Å². The van der Waals surface area contributed by atoms with Crippen molar-refractivity contribution in [2.45, 2.75) is 26.2 Å². The SMILES string of the molecule is CC(CC(=O)N(CC#N)CC#N)C1CCCNC1. The van der Waals surface area contributed by atoms with Crippen molar-refractivity contribution in [3.8, 4) is 12.1 Å². The number of nitrogens with zero attached hydrogens (tertiary/aromatic N) is 3. The molecule has 0 aromatic heterocycles. The maximum Gasteiger partial charge on any atom is 0.224 e. The molecule has 1 amide bonds. The first-order chi connectivity index (χ1) is 8.69. The predicted octanol–water partition coefficient (Wildman–Crippen LogP) is 0.888. The van der Waals surface area contributed by atoms with Crippen LogP contribution in [0.4, 0.5) is 0 Å². The molecule has 0 bridgehead atoms. The summed E-state index contributed by atoms with van der Waals surface area (Å²) in [6, 6.07) is 3.86. The summed E-state index contributed by atoms with van der Waals surface area (Å²) in [5.74, 6) is 0.732. The average Bonchev–Trinajstić information content (AvgIpc) is 2.39. The van der Waals surface area contributed by atoms with Crippen molar-refractivity contribution in [1.82, 2.24) is 10.2 Å². The van der Waals surface area contributed by atoms with Crippen LogP contribution in [0.3, 0.4) is 0 Å². The Balaban J connectivity index is 2.46. The number of hydrogen-bond acceptors (Lipinski definition) is 4. The summed E-state index contributed by atoms with van der Waals surface area (Å²) in [5, 5.41) is 20.6. The maximum atomic E-state index is 12.0. The quantitative estimate of drug-likeness (QED) is 0.733. The molecule has 1 fully saturated rings. The van der Waals surface area contributed by atoms with Crippen LogP contribution in [-0.2, 0) is 4.79 Å². The lowest BCUT2D eigenvalue weighted by molar-refractivity contribution is -0.131. The zero-order valence-corrected chi connectivity index (χ0v) is 10.9. The summed E-state index contributed by atoms with van der Waals surface area (Å²) in [7, 11) is 0. The Bertz CT molecular complexity index is 333. The Hall–Kier alpha value is -1.59. The third-order valence-electron chi connectivity index (χ3n) is 3.51. The lowest BCUT2D eigenvalue weighted by atomic mass is 9.85. The van der Waals surface area contributed by atoms with Gasteiger partial charge < -0.3 is 10.2 Å². The van der Waals surface area contributed by atoms with Crippen molar-refractivity contribution in [1.29, 1.82) is 10.5 Å². The van der Waals surface area contributed by atoms with Gasteiger partial charge in [0, 0.05) is 6.42 Å². The third-order valence-corrected chi connectivity index (χ3v) is 3.51. The van der Waals surface area contributed by atoms with Crippen LogP contribution in [0.5, 0.6) is 0 Å². The van der Waals surface area contributed by atoms with Crippen LogP contribution in [0, 0.1) is 34.5 Å². The second-order valence-corrected chi connectivity index (χ2v) is 4.85. The number of amides is 1. The highest BCUT2D eigenvalue weighted by molar-refractivity contribution is 5.77. The van der Waals surface area contributed by atoms with Crippen LogP contribution in [0.1, 0.15) is 26.2 Å². The van der Waals surface area contributed by atoms with E-state index in [9.17, 15) is 4.79 Å². The van der Waals surface area contributed by atoms with Gasteiger partial charge >= 0.3 is 0 Å². The molecular formula is C13H20N4O. The first-order valence-corrected chi connectivity index (χ1v) is 6.41. The molecule has 2 atom stereocenters. The molecule has 0 aliphatic carbocycles. The summed E-state index contributed by atoms with van der Waals surface area (Å²) in [4.78, 5) is 13.3. The van der Waals surface area contributed by atoms with Crippen molar-refractivity contribution < 1.29 is 4.79 Å². The third kappa shape index (κ3) is 4.35. The maximum absolute atomic E-state index is 12.0. The summed E-state index contributed by atoms with van der Waals surface area (Å²) >= 11 is 0. The van der Waals surface area contributed by atoms with Gasteiger partial charge in [-0.25, -0.2) is 0 Å². The Morgan fingerprint density at radius 2 is 2.11 bits per heavy atom. The topological polar surface area (TPSA) is 79.9 Å². The normalized spacial score (nSPS) is 20.5. The van der Waals surface area contributed by atoms with Crippen LogP contribution in [0.25, 0.3) is 0 Å². The lowest BCUT2D eigenvalue weighted by Crippen LogP contribution is -2.37. The molecular weight excluding hydrogens is 228 g/mol. The highest BCUT2D eigenvalue weighted by Crippen LogP contribution is 2.23. The van der Waals surface area contributed by atoms with E-state index in [2.05, 4.69) is 12.2 Å². The molecule has 1 heterocycles. The zero-order valence-electron chi connectivity index (χ0n) is 10.9. The summed E-state index contributed by atoms with van der Waals surface area (Å²) < 4.78 is 0. The van der Waals surface area contributed by atoms with E-state index < -0.39 is 0 Å². The molecule has 0 aromatic rings. The Morgan fingerprint density at radius 1 is 1.44 bits per heavy atom.